The number of hydrogen-bond acceptors (Lipinski definition) is 6. The Kier molecular flexibility index (Phi) is 7.16. The average Bonchev–Trinajstić information content (AvgIpc) is 3.18. The van der Waals surface area contributed by atoms with Gasteiger partial charge in [-0.15, -0.1) is 0 Å². The smallest absolute Gasteiger partial charge is 0.340 e. The van der Waals surface area contributed by atoms with Crippen molar-refractivity contribution in [2.45, 2.75) is 26.4 Å². The van der Waals surface area contributed by atoms with E-state index in [4.69, 9.17) is 9.47 Å². The highest BCUT2D eigenvalue weighted by molar-refractivity contribution is 5.97. The van der Waals surface area contributed by atoms with E-state index < -0.39 is 5.60 Å². The number of benzene rings is 3. The molecule has 0 aliphatic carbocycles. The Balaban J connectivity index is 2.08. The predicted octanol–water partition coefficient (Wildman–Crippen LogP) is 5.53. The van der Waals surface area contributed by atoms with E-state index in [1.807, 2.05) is 59.4 Å². The summed E-state index contributed by atoms with van der Waals surface area (Å²) in [6.45, 7) is 8.54. The van der Waals surface area contributed by atoms with Crippen LogP contribution in [-0.4, -0.2) is 53.9 Å². The molecule has 1 aliphatic heterocycles. The van der Waals surface area contributed by atoms with E-state index in [0.717, 1.165) is 46.8 Å². The zero-order valence-electron chi connectivity index (χ0n) is 22.5. The van der Waals surface area contributed by atoms with Crippen LogP contribution in [0.3, 0.4) is 0 Å². The van der Waals surface area contributed by atoms with Crippen molar-refractivity contribution in [2.75, 3.05) is 62.6 Å². The molecule has 0 N–H and O–H groups in total. The molecule has 3 aromatic carbocycles. The van der Waals surface area contributed by atoms with Crippen LogP contribution in [0.15, 0.2) is 60.7 Å². The van der Waals surface area contributed by atoms with Crippen LogP contribution >= 0.6 is 0 Å². The molecule has 0 spiro atoms. The fourth-order valence-corrected chi connectivity index (χ4v) is 5.09. The fraction of sp³-hybridized carbons (Fsp3) is 0.367. The van der Waals surface area contributed by atoms with Crippen molar-refractivity contribution in [1.29, 1.82) is 0 Å². The van der Waals surface area contributed by atoms with Crippen molar-refractivity contribution >= 4 is 23.0 Å². The average molecular weight is 488 g/mol. The Morgan fingerprint density at radius 3 is 2.08 bits per heavy atom. The van der Waals surface area contributed by atoms with E-state index in [1.54, 1.807) is 0 Å². The Morgan fingerprint density at radius 2 is 1.44 bits per heavy atom. The van der Waals surface area contributed by atoms with Gasteiger partial charge in [0, 0.05) is 81.1 Å². The Labute approximate surface area is 215 Å². The molecule has 0 radical (unpaired) electrons. The van der Waals surface area contributed by atoms with Gasteiger partial charge < -0.3 is 24.2 Å². The molecular formula is C30H37N3O3. The first-order valence-corrected chi connectivity index (χ1v) is 12.6. The highest BCUT2D eigenvalue weighted by Gasteiger charge is 2.51. The molecule has 36 heavy (non-hydrogen) atoms. The summed E-state index contributed by atoms with van der Waals surface area (Å²) in [5.74, 6) is 0.384. The number of carbonyl (C=O) groups is 1. The number of carbonyl (C=O) groups excluding carboxylic acids is 1. The van der Waals surface area contributed by atoms with Crippen LogP contribution in [0.5, 0.6) is 5.75 Å². The van der Waals surface area contributed by atoms with Gasteiger partial charge in [-0.25, -0.2) is 4.79 Å². The van der Waals surface area contributed by atoms with Crippen molar-refractivity contribution in [3.63, 3.8) is 0 Å². The van der Waals surface area contributed by atoms with Crippen LogP contribution in [0.4, 0.5) is 17.1 Å². The van der Waals surface area contributed by atoms with Gasteiger partial charge in [-0.05, 0) is 51.1 Å². The Hall–Kier alpha value is -3.67. The molecule has 1 heterocycles. The highest BCUT2D eigenvalue weighted by atomic mass is 16.6. The van der Waals surface area contributed by atoms with Crippen molar-refractivity contribution in [3.05, 3.63) is 82.9 Å². The van der Waals surface area contributed by atoms with Crippen LogP contribution in [0.1, 0.15) is 47.8 Å². The van der Waals surface area contributed by atoms with E-state index in [-0.39, 0.29) is 5.97 Å². The molecule has 4 rings (SSSR count). The van der Waals surface area contributed by atoms with Gasteiger partial charge in [0.2, 0.25) is 0 Å². The third kappa shape index (κ3) is 4.15. The lowest BCUT2D eigenvalue weighted by atomic mass is 9.78. The lowest BCUT2D eigenvalue weighted by Crippen LogP contribution is -2.33. The van der Waals surface area contributed by atoms with Gasteiger partial charge in [-0.1, -0.05) is 24.3 Å². The molecule has 0 saturated carbocycles. The van der Waals surface area contributed by atoms with Gasteiger partial charge in [0.25, 0.3) is 0 Å². The van der Waals surface area contributed by atoms with Gasteiger partial charge in [-0.2, -0.15) is 0 Å². The van der Waals surface area contributed by atoms with Gasteiger partial charge in [0.15, 0.2) is 5.60 Å². The van der Waals surface area contributed by atoms with E-state index in [9.17, 15) is 4.79 Å². The normalized spacial score (nSPS) is 16.4. The van der Waals surface area contributed by atoms with Crippen LogP contribution in [0, 0.1) is 0 Å². The van der Waals surface area contributed by atoms with Gasteiger partial charge in [0.05, 0.1) is 12.2 Å². The molecule has 3 aromatic rings. The van der Waals surface area contributed by atoms with Crippen LogP contribution in [-0.2, 0) is 10.3 Å². The standard InChI is InChI=1S/C30H37N3O3/c1-8-33(9-2)22-16-18-26(28(20-22)35-10-3)30(24-14-12-11-13-23(24)29(34)36-30)25-17-15-21(31(4)5)19-27(25)32(6)7/h11-20H,8-10H2,1-7H3. The molecule has 1 aliphatic rings. The fourth-order valence-electron chi connectivity index (χ4n) is 5.09. The van der Waals surface area contributed by atoms with Crippen molar-refractivity contribution in [3.8, 4) is 5.75 Å². The number of esters is 1. The molecule has 0 bridgehead atoms. The van der Waals surface area contributed by atoms with E-state index in [0.29, 0.717) is 17.9 Å². The summed E-state index contributed by atoms with van der Waals surface area (Å²) in [6.07, 6.45) is 0. The number of cyclic esters (lactones) is 1. The van der Waals surface area contributed by atoms with Crippen LogP contribution in [0.25, 0.3) is 0 Å². The summed E-state index contributed by atoms with van der Waals surface area (Å²) in [5, 5.41) is 0. The maximum atomic E-state index is 13.3. The minimum Gasteiger partial charge on any atom is -0.493 e. The maximum Gasteiger partial charge on any atom is 0.340 e. The second kappa shape index (κ2) is 10.1. The molecule has 1 unspecified atom stereocenters. The van der Waals surface area contributed by atoms with E-state index in [2.05, 4.69) is 64.9 Å². The topological polar surface area (TPSA) is 45.2 Å². The molecule has 1 atom stereocenters. The third-order valence-corrected chi connectivity index (χ3v) is 6.90. The number of ether oxygens (including phenoxy) is 2. The molecule has 0 fully saturated rings. The minimum absolute atomic E-state index is 0.331. The number of rotatable bonds is 9. The van der Waals surface area contributed by atoms with Gasteiger partial charge in [0.1, 0.15) is 5.75 Å². The molecule has 0 amide bonds. The number of nitrogens with zero attached hydrogens (tertiary/aromatic N) is 3. The second-order valence-corrected chi connectivity index (χ2v) is 9.39. The lowest BCUT2D eigenvalue weighted by molar-refractivity contribution is 0.0245. The summed E-state index contributed by atoms with van der Waals surface area (Å²) < 4.78 is 12.7. The van der Waals surface area contributed by atoms with Crippen molar-refractivity contribution in [2.24, 2.45) is 0 Å². The Bertz CT molecular complexity index is 1250. The lowest BCUT2D eigenvalue weighted by Gasteiger charge is -2.35. The number of fused-ring (bicyclic) bond motifs is 1. The quantitative estimate of drug-likeness (QED) is 0.370. The monoisotopic (exact) mass is 487 g/mol. The molecule has 6 nitrogen and oxygen atoms in total. The number of hydrogen-bond donors (Lipinski definition) is 0. The van der Waals surface area contributed by atoms with Crippen molar-refractivity contribution < 1.29 is 14.3 Å². The predicted molar refractivity (Wildman–Crippen MR) is 148 cm³/mol. The minimum atomic E-state index is -1.15. The zero-order valence-corrected chi connectivity index (χ0v) is 22.5. The molecular weight excluding hydrogens is 450 g/mol. The summed E-state index contributed by atoms with van der Waals surface area (Å²) in [5.41, 5.74) is 5.09. The first-order chi connectivity index (χ1) is 17.3. The molecule has 190 valence electrons. The summed E-state index contributed by atoms with van der Waals surface area (Å²) >= 11 is 0. The summed E-state index contributed by atoms with van der Waals surface area (Å²) in [4.78, 5) is 19.8. The maximum absolute atomic E-state index is 13.3. The van der Waals surface area contributed by atoms with E-state index in [1.165, 1.54) is 0 Å². The van der Waals surface area contributed by atoms with Gasteiger partial charge >= 0.3 is 5.97 Å². The van der Waals surface area contributed by atoms with Gasteiger partial charge in [-0.3, -0.25) is 0 Å². The summed E-state index contributed by atoms with van der Waals surface area (Å²) in [7, 11) is 8.08. The van der Waals surface area contributed by atoms with Crippen LogP contribution in [0.2, 0.25) is 0 Å². The molecule has 0 saturated heterocycles. The zero-order chi connectivity index (χ0) is 26.0. The SMILES string of the molecule is CCOc1cc(N(CC)CC)ccc1C1(c2ccc(N(C)C)cc2N(C)C)OC(=O)c2ccccc21. The van der Waals surface area contributed by atoms with Crippen LogP contribution < -0.4 is 19.4 Å². The van der Waals surface area contributed by atoms with E-state index >= 15 is 0 Å². The summed E-state index contributed by atoms with van der Waals surface area (Å²) in [6, 6.07) is 20.2. The highest BCUT2D eigenvalue weighted by Crippen LogP contribution is 2.53. The second-order valence-electron chi connectivity index (χ2n) is 9.39. The number of anilines is 3. The Morgan fingerprint density at radius 1 is 0.778 bits per heavy atom. The largest absolute Gasteiger partial charge is 0.493 e. The van der Waals surface area contributed by atoms with Crippen molar-refractivity contribution in [1.82, 2.24) is 0 Å². The first-order valence-electron chi connectivity index (χ1n) is 12.6. The first kappa shape index (κ1) is 25.4. The molecule has 6 heteroatoms. The third-order valence-electron chi connectivity index (χ3n) is 6.90. The molecule has 0 aromatic heterocycles.